The number of ether oxygens (including phenoxy) is 2. The van der Waals surface area contributed by atoms with E-state index in [9.17, 15) is 24.0 Å². The molecule has 3 amide bonds. The topological polar surface area (TPSA) is 131 Å². The second kappa shape index (κ2) is 12.5. The Bertz CT molecular complexity index is 905. The molecule has 2 aliphatic rings. The van der Waals surface area contributed by atoms with E-state index in [0.717, 1.165) is 19.3 Å². The van der Waals surface area contributed by atoms with Gasteiger partial charge in [-0.1, -0.05) is 48.0 Å². The summed E-state index contributed by atoms with van der Waals surface area (Å²) in [4.78, 5) is 66.7. The molecule has 38 heavy (non-hydrogen) atoms. The second-order valence-electron chi connectivity index (χ2n) is 12.8. The number of amides is 3. The van der Waals surface area contributed by atoms with Crippen LogP contribution in [-0.4, -0.2) is 72.9 Å². The van der Waals surface area contributed by atoms with Gasteiger partial charge in [0.1, 0.15) is 12.1 Å². The molecule has 0 aromatic rings. The van der Waals surface area contributed by atoms with Crippen molar-refractivity contribution in [2.75, 3.05) is 20.3 Å². The van der Waals surface area contributed by atoms with E-state index in [1.165, 1.54) is 14.0 Å². The summed E-state index contributed by atoms with van der Waals surface area (Å²) < 4.78 is 9.92. The van der Waals surface area contributed by atoms with Crippen LogP contribution in [-0.2, 0) is 28.7 Å². The van der Waals surface area contributed by atoms with Crippen LogP contribution in [0.1, 0.15) is 81.1 Å². The third-order valence-electron chi connectivity index (χ3n) is 7.87. The lowest BCUT2D eigenvalue weighted by Gasteiger charge is -2.38. The molecule has 1 unspecified atom stereocenters. The quantitative estimate of drug-likeness (QED) is 0.432. The van der Waals surface area contributed by atoms with Crippen molar-refractivity contribution in [1.29, 1.82) is 0 Å². The molecular formula is C28H47N3O7. The van der Waals surface area contributed by atoms with Crippen LogP contribution in [0.15, 0.2) is 0 Å². The van der Waals surface area contributed by atoms with Gasteiger partial charge < -0.3 is 25.0 Å². The molecule has 2 N–H and O–H groups in total. The molecule has 216 valence electrons. The van der Waals surface area contributed by atoms with Gasteiger partial charge in [0.15, 0.2) is 5.78 Å². The Hall–Kier alpha value is -2.65. The highest BCUT2D eigenvalue weighted by atomic mass is 16.5. The van der Waals surface area contributed by atoms with Crippen LogP contribution in [0, 0.1) is 28.6 Å². The highest BCUT2D eigenvalue weighted by molar-refractivity contribution is 5.95. The molecular weight excluding hydrogens is 490 g/mol. The molecule has 0 aromatic carbocycles. The molecule has 0 bridgehead atoms. The van der Waals surface area contributed by atoms with Crippen LogP contribution in [0.4, 0.5) is 4.79 Å². The number of methoxy groups -OCH3 is 1. The zero-order valence-electron chi connectivity index (χ0n) is 24.5. The number of nitrogens with zero attached hydrogens (tertiary/aromatic N) is 1. The van der Waals surface area contributed by atoms with Gasteiger partial charge in [0, 0.05) is 18.9 Å². The second-order valence-corrected chi connectivity index (χ2v) is 12.8. The molecule has 1 saturated carbocycles. The summed E-state index contributed by atoms with van der Waals surface area (Å²) in [7, 11) is 1.21. The number of esters is 1. The number of hydrogen-bond donors (Lipinski definition) is 2. The van der Waals surface area contributed by atoms with Crippen molar-refractivity contribution in [2.45, 2.75) is 99.2 Å². The van der Waals surface area contributed by atoms with Gasteiger partial charge in [0.2, 0.25) is 11.8 Å². The Balaban J connectivity index is 2.29. The van der Waals surface area contributed by atoms with Crippen molar-refractivity contribution in [1.82, 2.24) is 15.5 Å². The van der Waals surface area contributed by atoms with Gasteiger partial charge in [-0.25, -0.2) is 9.59 Å². The van der Waals surface area contributed by atoms with Crippen LogP contribution < -0.4 is 10.6 Å². The average Bonchev–Trinajstić information content (AvgIpc) is 3.40. The number of ketones is 1. The fourth-order valence-electron chi connectivity index (χ4n) is 5.61. The van der Waals surface area contributed by atoms with Crippen molar-refractivity contribution in [2.24, 2.45) is 28.6 Å². The summed E-state index contributed by atoms with van der Waals surface area (Å²) in [5.74, 6) is -1.88. The number of nitrogens with one attached hydrogen (secondary N) is 2. The van der Waals surface area contributed by atoms with Crippen LogP contribution in [0.2, 0.25) is 0 Å². The molecule has 0 aromatic heterocycles. The Morgan fingerprint density at radius 2 is 1.61 bits per heavy atom. The van der Waals surface area contributed by atoms with Gasteiger partial charge in [0.05, 0.1) is 19.8 Å². The average molecular weight is 538 g/mol. The number of carbonyl (C=O) groups is 5. The van der Waals surface area contributed by atoms with Crippen molar-refractivity contribution >= 4 is 29.7 Å². The zero-order valence-corrected chi connectivity index (χ0v) is 24.5. The Morgan fingerprint density at radius 3 is 2.13 bits per heavy atom. The van der Waals surface area contributed by atoms with Crippen molar-refractivity contribution < 1.29 is 33.4 Å². The van der Waals surface area contributed by atoms with E-state index in [2.05, 4.69) is 15.4 Å². The summed E-state index contributed by atoms with van der Waals surface area (Å²) >= 11 is 0. The van der Waals surface area contributed by atoms with Gasteiger partial charge in [-0.2, -0.15) is 0 Å². The van der Waals surface area contributed by atoms with E-state index >= 15 is 0 Å². The Morgan fingerprint density at radius 1 is 0.974 bits per heavy atom. The number of Topliss-reactive ketones (excluding diaryl/α,β-unsaturated/α-hetero) is 1. The Labute approximate surface area is 226 Å². The van der Waals surface area contributed by atoms with Gasteiger partial charge >= 0.3 is 12.1 Å². The number of carbonyl (C=O) groups excluding carboxylic acids is 5. The van der Waals surface area contributed by atoms with Crippen LogP contribution in [0.25, 0.3) is 0 Å². The molecule has 6 atom stereocenters. The number of fused-ring (bicyclic) bond motifs is 1. The maximum Gasteiger partial charge on any atom is 0.407 e. The van der Waals surface area contributed by atoms with Gasteiger partial charge in [-0.05, 0) is 49.4 Å². The number of rotatable bonds is 9. The molecule has 2 fully saturated rings. The van der Waals surface area contributed by atoms with Crippen LogP contribution in [0.3, 0.4) is 0 Å². The highest BCUT2D eigenvalue weighted by Gasteiger charge is 2.52. The van der Waals surface area contributed by atoms with Gasteiger partial charge in [-0.3, -0.25) is 14.4 Å². The first-order chi connectivity index (χ1) is 17.5. The van der Waals surface area contributed by atoms with Crippen molar-refractivity contribution in [3.63, 3.8) is 0 Å². The lowest BCUT2D eigenvalue weighted by atomic mass is 9.76. The maximum atomic E-state index is 14.0. The maximum absolute atomic E-state index is 14.0. The van der Waals surface area contributed by atoms with E-state index in [4.69, 9.17) is 4.74 Å². The van der Waals surface area contributed by atoms with Crippen LogP contribution in [0.5, 0.6) is 0 Å². The monoisotopic (exact) mass is 537 g/mol. The number of alkyl carbamates (subject to hydrolysis) is 1. The summed E-state index contributed by atoms with van der Waals surface area (Å²) in [5, 5.41) is 5.39. The molecule has 2 rings (SSSR count). The Kier molecular flexibility index (Phi) is 10.4. The summed E-state index contributed by atoms with van der Waals surface area (Å²) in [6.07, 6.45) is 2.01. The molecule has 0 radical (unpaired) electrons. The van der Waals surface area contributed by atoms with E-state index < -0.39 is 46.9 Å². The molecule has 1 aliphatic carbocycles. The van der Waals surface area contributed by atoms with E-state index in [1.807, 2.05) is 41.5 Å². The molecule has 0 spiro atoms. The number of likely N-dealkylation sites (tertiary alicyclic amines) is 1. The first kappa shape index (κ1) is 31.6. The summed E-state index contributed by atoms with van der Waals surface area (Å²) in [5.41, 5.74) is -1.26. The normalized spacial score (nSPS) is 23.6. The van der Waals surface area contributed by atoms with E-state index in [0.29, 0.717) is 6.54 Å². The first-order valence-corrected chi connectivity index (χ1v) is 13.7. The largest absolute Gasteiger partial charge is 0.464 e. The fourth-order valence-corrected chi connectivity index (χ4v) is 5.61. The van der Waals surface area contributed by atoms with E-state index in [-0.39, 0.29) is 42.5 Å². The lowest BCUT2D eigenvalue weighted by Crippen LogP contribution is -2.59. The first-order valence-electron chi connectivity index (χ1n) is 13.7. The molecule has 1 aliphatic heterocycles. The number of hydrogen-bond acceptors (Lipinski definition) is 7. The van der Waals surface area contributed by atoms with Crippen molar-refractivity contribution in [3.8, 4) is 0 Å². The van der Waals surface area contributed by atoms with Crippen molar-refractivity contribution in [3.05, 3.63) is 0 Å². The minimum absolute atomic E-state index is 0.0677. The molecule has 1 saturated heterocycles. The SMILES string of the molecule is CCOC(=O)C1[C@H]2CCC[C@H]2CN1C(=O)[C@@H](NC(=O)[C@@H](CC(=O)[C@H](C)NC(=O)OC)C(C)(C)C)C(C)(C)C. The van der Waals surface area contributed by atoms with E-state index in [1.54, 1.807) is 11.8 Å². The standard InChI is InChI=1S/C28H47N3O7/c1-10-38-25(35)21-18-13-11-12-17(18)15-31(21)24(34)22(28(6,7)8)30-23(33)19(27(3,4)5)14-20(32)16(2)29-26(36)37-9/h16-19,21-22H,10-15H2,1-9H3,(H,29,36)(H,30,33)/t16-,17-,18-,19+,21?,22+/m0/s1. The molecule has 10 heteroatoms. The summed E-state index contributed by atoms with van der Waals surface area (Å²) in [6.45, 7) is 15.2. The fraction of sp³-hybridized carbons (Fsp3) is 0.821. The highest BCUT2D eigenvalue weighted by Crippen LogP contribution is 2.43. The van der Waals surface area contributed by atoms with Gasteiger partial charge in [-0.15, -0.1) is 0 Å². The zero-order chi connectivity index (χ0) is 29.0. The van der Waals surface area contributed by atoms with Crippen LogP contribution >= 0.6 is 0 Å². The predicted molar refractivity (Wildman–Crippen MR) is 142 cm³/mol. The third kappa shape index (κ3) is 7.47. The molecule has 10 nitrogen and oxygen atoms in total. The smallest absolute Gasteiger partial charge is 0.407 e. The molecule has 1 heterocycles. The lowest BCUT2D eigenvalue weighted by molar-refractivity contribution is -0.156. The minimum Gasteiger partial charge on any atom is -0.464 e. The van der Waals surface area contributed by atoms with Gasteiger partial charge in [0.25, 0.3) is 0 Å². The third-order valence-corrected chi connectivity index (χ3v) is 7.87. The predicted octanol–water partition coefficient (Wildman–Crippen LogP) is 3.07. The minimum atomic E-state index is -0.906. The summed E-state index contributed by atoms with van der Waals surface area (Å²) in [6, 6.07) is -2.40.